The summed E-state index contributed by atoms with van der Waals surface area (Å²) in [4.78, 5) is 38.5. The second-order valence-corrected chi connectivity index (χ2v) is 8.01. The van der Waals surface area contributed by atoms with Gasteiger partial charge in [0.1, 0.15) is 11.4 Å². The van der Waals surface area contributed by atoms with Crippen LogP contribution in [0.1, 0.15) is 37.0 Å². The van der Waals surface area contributed by atoms with E-state index in [1.165, 1.54) is 12.1 Å². The summed E-state index contributed by atoms with van der Waals surface area (Å²) in [5.41, 5.74) is 1.83. The van der Waals surface area contributed by atoms with Gasteiger partial charge >= 0.3 is 5.97 Å². The standard InChI is InChI=1S/C24H24N4O5/c1-4-33-23(30)20-14-24(26(3)16(20)2)15-21(22(29)17-8-6-5-7-9-17)25-27(24)18-10-12-19(13-11-18)28(31)32/h5-13H,4,14-15H2,1-3H3/t24-/m1/s1. The molecule has 4 rings (SSSR count). The second kappa shape index (κ2) is 8.50. The lowest BCUT2D eigenvalue weighted by atomic mass is 9.93. The molecule has 9 nitrogen and oxygen atoms in total. The van der Waals surface area contributed by atoms with Gasteiger partial charge in [0.2, 0.25) is 5.78 Å². The molecule has 2 heterocycles. The van der Waals surface area contributed by atoms with Crippen molar-refractivity contribution in [2.75, 3.05) is 18.7 Å². The summed E-state index contributed by atoms with van der Waals surface area (Å²) >= 11 is 0. The molecular weight excluding hydrogens is 424 g/mol. The molecule has 0 unspecified atom stereocenters. The van der Waals surface area contributed by atoms with E-state index in [2.05, 4.69) is 5.10 Å². The maximum absolute atomic E-state index is 13.2. The van der Waals surface area contributed by atoms with Gasteiger partial charge in [-0.15, -0.1) is 0 Å². The fourth-order valence-corrected chi connectivity index (χ4v) is 4.37. The lowest BCUT2D eigenvalue weighted by molar-refractivity contribution is -0.384. The summed E-state index contributed by atoms with van der Waals surface area (Å²) in [6, 6.07) is 14.9. The number of esters is 1. The first-order valence-electron chi connectivity index (χ1n) is 10.6. The van der Waals surface area contributed by atoms with E-state index in [1.807, 2.05) is 24.9 Å². The zero-order valence-electron chi connectivity index (χ0n) is 18.6. The van der Waals surface area contributed by atoms with E-state index in [9.17, 15) is 19.7 Å². The zero-order valence-corrected chi connectivity index (χ0v) is 18.6. The summed E-state index contributed by atoms with van der Waals surface area (Å²) in [5, 5.41) is 17.5. The van der Waals surface area contributed by atoms with E-state index >= 15 is 0 Å². The van der Waals surface area contributed by atoms with E-state index in [1.54, 1.807) is 48.3 Å². The number of allylic oxidation sites excluding steroid dienone is 1. The molecule has 1 atom stereocenters. The maximum atomic E-state index is 13.2. The Balaban J connectivity index is 1.76. The number of ketones is 1. The molecule has 0 saturated heterocycles. The quantitative estimate of drug-likeness (QED) is 0.285. The van der Waals surface area contributed by atoms with Crippen LogP contribution in [0.2, 0.25) is 0 Å². The monoisotopic (exact) mass is 448 g/mol. The van der Waals surface area contributed by atoms with Crippen molar-refractivity contribution in [3.63, 3.8) is 0 Å². The number of Topliss-reactive ketones (excluding diaryl/α,β-unsaturated/α-hetero) is 1. The number of benzene rings is 2. The predicted molar refractivity (Wildman–Crippen MR) is 123 cm³/mol. The van der Waals surface area contributed by atoms with Gasteiger partial charge < -0.3 is 9.64 Å². The number of hydrogen-bond acceptors (Lipinski definition) is 8. The number of anilines is 1. The second-order valence-electron chi connectivity index (χ2n) is 8.01. The number of carbonyl (C=O) groups is 2. The van der Waals surface area contributed by atoms with Gasteiger partial charge in [-0.2, -0.15) is 5.10 Å². The van der Waals surface area contributed by atoms with Crippen LogP contribution < -0.4 is 5.01 Å². The third-order valence-electron chi connectivity index (χ3n) is 6.21. The van der Waals surface area contributed by atoms with Gasteiger partial charge in [-0.25, -0.2) is 9.80 Å². The van der Waals surface area contributed by atoms with Crippen LogP contribution in [-0.4, -0.2) is 46.6 Å². The van der Waals surface area contributed by atoms with E-state index in [0.29, 0.717) is 29.0 Å². The highest BCUT2D eigenvalue weighted by atomic mass is 16.6. The van der Waals surface area contributed by atoms with Crippen molar-refractivity contribution in [2.24, 2.45) is 5.10 Å². The van der Waals surface area contributed by atoms with Crippen molar-refractivity contribution in [3.8, 4) is 0 Å². The molecule has 0 aromatic heterocycles. The molecule has 2 aromatic rings. The molecule has 9 heteroatoms. The highest BCUT2D eigenvalue weighted by Gasteiger charge is 2.54. The molecule has 0 radical (unpaired) electrons. The Labute approximate surface area is 191 Å². The Hall–Kier alpha value is -4.01. The van der Waals surface area contributed by atoms with Crippen LogP contribution in [0.15, 0.2) is 71.0 Å². The highest BCUT2D eigenvalue weighted by molar-refractivity contribution is 6.46. The van der Waals surface area contributed by atoms with Crippen LogP contribution in [0.25, 0.3) is 0 Å². The average molecular weight is 448 g/mol. The molecule has 0 N–H and O–H groups in total. The number of hydrazone groups is 1. The van der Waals surface area contributed by atoms with Crippen molar-refractivity contribution >= 4 is 28.8 Å². The number of nitrogens with zero attached hydrogens (tertiary/aromatic N) is 4. The topological polar surface area (TPSA) is 105 Å². The van der Waals surface area contributed by atoms with Crippen molar-refractivity contribution in [1.29, 1.82) is 0 Å². The van der Waals surface area contributed by atoms with Crippen LogP contribution in [0, 0.1) is 10.1 Å². The first kappa shape index (κ1) is 22.2. The molecule has 0 bridgehead atoms. The van der Waals surface area contributed by atoms with E-state index in [0.717, 1.165) is 5.70 Å². The van der Waals surface area contributed by atoms with Crippen LogP contribution >= 0.6 is 0 Å². The van der Waals surface area contributed by atoms with E-state index in [-0.39, 0.29) is 24.5 Å². The lowest BCUT2D eigenvalue weighted by Crippen LogP contribution is -2.52. The van der Waals surface area contributed by atoms with Crippen LogP contribution in [0.5, 0.6) is 0 Å². The fourth-order valence-electron chi connectivity index (χ4n) is 4.37. The molecule has 170 valence electrons. The molecule has 0 saturated carbocycles. The number of nitro benzene ring substituents is 1. The minimum absolute atomic E-state index is 0.0437. The zero-order chi connectivity index (χ0) is 23.8. The number of ether oxygens (including phenoxy) is 1. The van der Waals surface area contributed by atoms with Gasteiger partial charge in [-0.3, -0.25) is 14.9 Å². The molecule has 33 heavy (non-hydrogen) atoms. The van der Waals surface area contributed by atoms with Crippen LogP contribution in [0.4, 0.5) is 11.4 Å². The van der Waals surface area contributed by atoms with Gasteiger partial charge in [-0.05, 0) is 26.0 Å². The summed E-state index contributed by atoms with van der Waals surface area (Å²) in [5.74, 6) is -0.597. The van der Waals surface area contributed by atoms with Crippen molar-refractivity contribution in [1.82, 2.24) is 4.90 Å². The first-order valence-corrected chi connectivity index (χ1v) is 10.6. The highest BCUT2D eigenvalue weighted by Crippen LogP contribution is 2.47. The molecule has 2 aliphatic rings. The van der Waals surface area contributed by atoms with E-state index in [4.69, 9.17) is 4.74 Å². The SMILES string of the molecule is CCOC(=O)C1=C(C)N(C)[C@]2(CC(C(=O)c3ccccc3)=NN2c2ccc([N+](=O)[O-])cc2)C1. The third-order valence-corrected chi connectivity index (χ3v) is 6.21. The number of rotatable bonds is 6. The Bertz CT molecular complexity index is 1170. The normalized spacial score (nSPS) is 19.8. The first-order chi connectivity index (χ1) is 15.8. The summed E-state index contributed by atoms with van der Waals surface area (Å²) in [7, 11) is 1.85. The van der Waals surface area contributed by atoms with Crippen molar-refractivity contribution < 1.29 is 19.2 Å². The minimum Gasteiger partial charge on any atom is -0.463 e. The van der Waals surface area contributed by atoms with Gasteiger partial charge in [-0.1, -0.05) is 30.3 Å². The van der Waals surface area contributed by atoms with Gasteiger partial charge in [0.25, 0.3) is 5.69 Å². The minimum atomic E-state index is -0.845. The largest absolute Gasteiger partial charge is 0.463 e. The summed E-state index contributed by atoms with van der Waals surface area (Å²) in [6.45, 7) is 3.85. The molecular formula is C24H24N4O5. The summed E-state index contributed by atoms with van der Waals surface area (Å²) in [6.07, 6.45) is 0.564. The number of non-ortho nitro benzene ring substituents is 1. The Kier molecular flexibility index (Phi) is 5.71. The smallest absolute Gasteiger partial charge is 0.335 e. The fraction of sp³-hybridized carbons (Fsp3) is 0.292. The van der Waals surface area contributed by atoms with Crippen LogP contribution in [-0.2, 0) is 9.53 Å². The Morgan fingerprint density at radius 2 is 1.79 bits per heavy atom. The molecule has 0 amide bonds. The molecule has 1 spiro atoms. The number of nitro groups is 1. The Morgan fingerprint density at radius 1 is 1.12 bits per heavy atom. The number of carbonyl (C=O) groups excluding carboxylic acids is 2. The summed E-state index contributed by atoms with van der Waals surface area (Å²) < 4.78 is 5.25. The third kappa shape index (κ3) is 3.75. The molecule has 0 aliphatic carbocycles. The lowest BCUT2D eigenvalue weighted by Gasteiger charge is -2.41. The van der Waals surface area contributed by atoms with Gasteiger partial charge in [0.15, 0.2) is 0 Å². The molecule has 2 aliphatic heterocycles. The molecule has 0 fully saturated rings. The van der Waals surface area contributed by atoms with Gasteiger partial charge in [0, 0.05) is 43.3 Å². The Morgan fingerprint density at radius 3 is 2.39 bits per heavy atom. The van der Waals surface area contributed by atoms with Crippen molar-refractivity contribution in [3.05, 3.63) is 81.5 Å². The maximum Gasteiger partial charge on any atom is 0.335 e. The molecule has 2 aromatic carbocycles. The van der Waals surface area contributed by atoms with Crippen LogP contribution in [0.3, 0.4) is 0 Å². The number of hydrogen-bond donors (Lipinski definition) is 0. The van der Waals surface area contributed by atoms with Crippen molar-refractivity contribution in [2.45, 2.75) is 32.4 Å². The van der Waals surface area contributed by atoms with E-state index < -0.39 is 16.6 Å². The predicted octanol–water partition coefficient (Wildman–Crippen LogP) is 3.91. The van der Waals surface area contributed by atoms with Gasteiger partial charge in [0.05, 0.1) is 22.8 Å². The average Bonchev–Trinajstić information content (AvgIpc) is 3.33.